The summed E-state index contributed by atoms with van der Waals surface area (Å²) in [6, 6.07) is 11.2. The molecule has 0 bridgehead atoms. The normalized spacial score (nSPS) is 13.7. The highest BCUT2D eigenvalue weighted by atomic mass is 16.4. The number of nitrogens with two attached hydrogens (primary N) is 3. The molecule has 0 spiro atoms. The Labute approximate surface area is 207 Å². The average Bonchev–Trinajstić information content (AvgIpc) is 3.23. The number of aliphatic hydroxyl groups is 1. The third kappa shape index (κ3) is 10.1. The van der Waals surface area contributed by atoms with Crippen molar-refractivity contribution < 1.29 is 39.9 Å². The highest BCUT2D eigenvalue weighted by Crippen LogP contribution is 2.18. The molecule has 4 atom stereocenters. The van der Waals surface area contributed by atoms with Gasteiger partial charge in [0.1, 0.15) is 23.9 Å². The molecule has 0 saturated heterocycles. The van der Waals surface area contributed by atoms with E-state index in [0.29, 0.717) is 6.42 Å². The quantitative estimate of drug-likeness (QED) is 0.201. The maximum Gasteiger partial charge on any atom is 0.323 e. The molecule has 1 aromatic heterocycles. The number of rotatable bonds is 8. The summed E-state index contributed by atoms with van der Waals surface area (Å²) in [5.41, 5.74) is 18.5. The third-order valence-electron chi connectivity index (χ3n) is 4.95. The number of benzene rings is 2. The van der Waals surface area contributed by atoms with Crippen LogP contribution >= 0.6 is 0 Å². The molecular formula is C24H32N4O8. The number of carboxylic acid groups (broad SMARTS) is 3. The number of hydrogen-bond donors (Lipinski definition) is 9. The second-order valence-corrected chi connectivity index (χ2v) is 7.93. The van der Waals surface area contributed by atoms with E-state index >= 15 is 0 Å². The number of nitrogens with one attached hydrogen (secondary N) is 1. The van der Waals surface area contributed by atoms with E-state index in [1.807, 2.05) is 30.5 Å². The monoisotopic (exact) mass is 504 g/mol. The number of aliphatic carboxylic acids is 3. The second-order valence-electron chi connectivity index (χ2n) is 7.93. The first-order chi connectivity index (χ1) is 16.8. The van der Waals surface area contributed by atoms with E-state index in [2.05, 4.69) is 4.98 Å². The fourth-order valence-corrected chi connectivity index (χ4v) is 2.80. The van der Waals surface area contributed by atoms with Crippen LogP contribution in [0, 0.1) is 0 Å². The molecule has 3 rings (SSSR count). The van der Waals surface area contributed by atoms with Crippen molar-refractivity contribution in [3.63, 3.8) is 0 Å². The first-order valence-electron chi connectivity index (χ1n) is 10.8. The van der Waals surface area contributed by atoms with Gasteiger partial charge in [-0.25, -0.2) is 0 Å². The number of carbonyl (C=O) groups is 3. The van der Waals surface area contributed by atoms with Crippen LogP contribution in [0.25, 0.3) is 10.9 Å². The zero-order valence-electron chi connectivity index (χ0n) is 19.6. The summed E-state index contributed by atoms with van der Waals surface area (Å²) in [4.78, 5) is 34.0. The Morgan fingerprint density at radius 2 is 1.36 bits per heavy atom. The number of hydrogen-bond acceptors (Lipinski definition) is 8. The molecule has 12 nitrogen and oxygen atoms in total. The van der Waals surface area contributed by atoms with Crippen molar-refractivity contribution in [2.75, 3.05) is 0 Å². The number of aromatic amines is 1. The maximum absolute atomic E-state index is 10.6. The number of H-pyrrole nitrogens is 1. The van der Waals surface area contributed by atoms with Gasteiger partial charge in [0.2, 0.25) is 0 Å². The Balaban J connectivity index is 0.000000284. The Morgan fingerprint density at radius 3 is 1.83 bits per heavy atom. The van der Waals surface area contributed by atoms with E-state index in [0.717, 1.165) is 22.0 Å². The Morgan fingerprint density at radius 1 is 0.833 bits per heavy atom. The van der Waals surface area contributed by atoms with Gasteiger partial charge in [-0.1, -0.05) is 30.3 Å². The number of aliphatic hydroxyl groups excluding tert-OH is 1. The minimum Gasteiger partial charge on any atom is -0.508 e. The second kappa shape index (κ2) is 14.4. The molecule has 36 heavy (non-hydrogen) atoms. The Hall–Kier alpha value is -3.97. The number of phenolic OH excluding ortho intramolecular Hbond substituents is 1. The number of carboxylic acids is 3. The van der Waals surface area contributed by atoms with Gasteiger partial charge in [-0.15, -0.1) is 0 Å². The van der Waals surface area contributed by atoms with E-state index < -0.39 is 42.1 Å². The van der Waals surface area contributed by atoms with E-state index in [1.165, 1.54) is 19.1 Å². The summed E-state index contributed by atoms with van der Waals surface area (Å²) in [5, 5.41) is 43.8. The minimum absolute atomic E-state index is 0.160. The molecule has 0 aliphatic rings. The van der Waals surface area contributed by atoms with Crippen LogP contribution in [0.4, 0.5) is 0 Å². The van der Waals surface area contributed by atoms with Gasteiger partial charge in [0.15, 0.2) is 0 Å². The lowest BCUT2D eigenvalue weighted by Crippen LogP contribution is -2.39. The van der Waals surface area contributed by atoms with Gasteiger partial charge < -0.3 is 47.7 Å². The molecule has 0 aliphatic heterocycles. The molecule has 0 fully saturated rings. The highest BCUT2D eigenvalue weighted by Gasteiger charge is 2.16. The molecule has 0 radical (unpaired) electrons. The van der Waals surface area contributed by atoms with Gasteiger partial charge in [0.05, 0.1) is 6.10 Å². The lowest BCUT2D eigenvalue weighted by molar-refractivity contribution is -0.141. The summed E-state index contributed by atoms with van der Waals surface area (Å²) in [6.07, 6.45) is 1.45. The fraction of sp³-hybridized carbons (Fsp3) is 0.292. The largest absolute Gasteiger partial charge is 0.508 e. The SMILES string of the molecule is C[C@@H](O)[C@H](N)C(=O)O.N[C@@H](Cc1c[nH]c2ccccc12)C(=O)O.N[C@@H](Cc1ccc(O)cc1)C(=O)O. The van der Waals surface area contributed by atoms with Gasteiger partial charge in [-0.2, -0.15) is 0 Å². The van der Waals surface area contributed by atoms with Crippen LogP contribution < -0.4 is 17.2 Å². The van der Waals surface area contributed by atoms with Crippen LogP contribution in [0.5, 0.6) is 5.75 Å². The maximum atomic E-state index is 10.6. The first kappa shape index (κ1) is 30.1. The highest BCUT2D eigenvalue weighted by molar-refractivity contribution is 5.84. The standard InChI is InChI=1S/C11H12N2O2.C9H11NO3.C4H9NO3/c12-9(11(14)15)5-7-6-13-10-4-2-1-3-8(7)10;10-8(9(12)13)5-6-1-3-7(11)4-2-6;1-2(6)3(5)4(7)8/h1-4,6,9,13H,5,12H2,(H,14,15);1-4,8,11H,5,10H2,(H,12,13);2-3,6H,5H2,1H3,(H,7,8)/t9-;8-;2-,3+/m001/s1. The molecule has 0 saturated carbocycles. The fourth-order valence-electron chi connectivity index (χ4n) is 2.80. The van der Waals surface area contributed by atoms with Crippen molar-refractivity contribution in [3.8, 4) is 5.75 Å². The van der Waals surface area contributed by atoms with E-state index in [-0.39, 0.29) is 12.2 Å². The van der Waals surface area contributed by atoms with Gasteiger partial charge >= 0.3 is 17.9 Å². The van der Waals surface area contributed by atoms with Crippen molar-refractivity contribution in [1.29, 1.82) is 0 Å². The van der Waals surface area contributed by atoms with E-state index in [1.54, 1.807) is 12.1 Å². The first-order valence-corrected chi connectivity index (χ1v) is 10.8. The summed E-state index contributed by atoms with van der Waals surface area (Å²) in [5.74, 6) is -3.01. The zero-order valence-corrected chi connectivity index (χ0v) is 19.6. The molecule has 196 valence electrons. The predicted molar refractivity (Wildman–Crippen MR) is 132 cm³/mol. The molecule has 1 heterocycles. The van der Waals surface area contributed by atoms with Gasteiger partial charge in [-0.05, 0) is 42.7 Å². The molecule has 0 unspecified atom stereocenters. The molecule has 2 aromatic carbocycles. The van der Waals surface area contributed by atoms with Crippen LogP contribution in [-0.2, 0) is 27.2 Å². The zero-order chi connectivity index (χ0) is 27.4. The van der Waals surface area contributed by atoms with Crippen molar-refractivity contribution in [1.82, 2.24) is 4.98 Å². The van der Waals surface area contributed by atoms with Crippen LogP contribution in [0.1, 0.15) is 18.1 Å². The van der Waals surface area contributed by atoms with Crippen molar-refractivity contribution in [3.05, 3.63) is 65.9 Å². The van der Waals surface area contributed by atoms with Crippen molar-refractivity contribution in [2.24, 2.45) is 17.2 Å². The number of aromatic nitrogens is 1. The van der Waals surface area contributed by atoms with E-state index in [4.69, 9.17) is 42.7 Å². The van der Waals surface area contributed by atoms with Crippen molar-refractivity contribution >= 4 is 28.8 Å². The van der Waals surface area contributed by atoms with Crippen LogP contribution in [0.2, 0.25) is 0 Å². The molecule has 0 aliphatic carbocycles. The molecule has 12 heteroatoms. The number of para-hydroxylation sites is 1. The summed E-state index contributed by atoms with van der Waals surface area (Å²) >= 11 is 0. The summed E-state index contributed by atoms with van der Waals surface area (Å²) in [7, 11) is 0. The molecule has 12 N–H and O–H groups in total. The smallest absolute Gasteiger partial charge is 0.323 e. The molecule has 3 aromatic rings. The number of fused-ring (bicyclic) bond motifs is 1. The van der Waals surface area contributed by atoms with Crippen LogP contribution in [0.3, 0.4) is 0 Å². The Bertz CT molecular complexity index is 1130. The van der Waals surface area contributed by atoms with Crippen molar-refractivity contribution in [2.45, 2.75) is 44.0 Å². The number of aromatic hydroxyl groups is 1. The lowest BCUT2D eigenvalue weighted by Gasteiger charge is -2.06. The third-order valence-corrected chi connectivity index (χ3v) is 4.95. The lowest BCUT2D eigenvalue weighted by atomic mass is 10.1. The average molecular weight is 505 g/mol. The van der Waals surface area contributed by atoms with Gasteiger partial charge in [-0.3, -0.25) is 14.4 Å². The molecule has 0 amide bonds. The van der Waals surface area contributed by atoms with E-state index in [9.17, 15) is 14.4 Å². The van der Waals surface area contributed by atoms with Crippen LogP contribution in [-0.4, -0.2) is 72.7 Å². The summed E-state index contributed by atoms with van der Waals surface area (Å²) < 4.78 is 0. The van der Waals surface area contributed by atoms with Gasteiger partial charge in [0.25, 0.3) is 0 Å². The Kier molecular flexibility index (Phi) is 12.1. The van der Waals surface area contributed by atoms with Crippen LogP contribution in [0.15, 0.2) is 54.7 Å². The summed E-state index contributed by atoms with van der Waals surface area (Å²) in [6.45, 7) is 1.33. The molecular weight excluding hydrogens is 472 g/mol. The topological polar surface area (TPSA) is 246 Å². The predicted octanol–water partition coefficient (Wildman–Crippen LogP) is 0.248. The number of phenols is 1. The van der Waals surface area contributed by atoms with Gasteiger partial charge in [0, 0.05) is 23.5 Å². The minimum atomic E-state index is -1.18.